The summed E-state index contributed by atoms with van der Waals surface area (Å²) in [6, 6.07) is 0. The zero-order chi connectivity index (χ0) is 13.8. The lowest BCUT2D eigenvalue weighted by Gasteiger charge is -2.28. The molecule has 20 heavy (non-hydrogen) atoms. The van der Waals surface area contributed by atoms with E-state index in [4.69, 9.17) is 14.8 Å². The zero-order valence-corrected chi connectivity index (χ0v) is 12.3. The van der Waals surface area contributed by atoms with Crippen molar-refractivity contribution in [1.82, 2.24) is 9.97 Å². The highest BCUT2D eigenvalue weighted by Crippen LogP contribution is 2.35. The van der Waals surface area contributed by atoms with E-state index in [0.717, 1.165) is 67.3 Å². The quantitative estimate of drug-likeness (QED) is 0.850. The number of fused-ring (bicyclic) bond motifs is 1. The monoisotopic (exact) mass is 296 g/mol. The Morgan fingerprint density at radius 2 is 2.15 bits per heavy atom. The Labute approximate surface area is 122 Å². The average Bonchev–Trinajstić information content (AvgIpc) is 2.53. The summed E-state index contributed by atoms with van der Waals surface area (Å²) in [5.74, 6) is 2.77. The number of nitrogens with zero attached hydrogens (tertiary/aromatic N) is 3. The summed E-state index contributed by atoms with van der Waals surface area (Å²) in [5, 5.41) is 12.2. The molecule has 0 aliphatic carbocycles. The number of nitrogens with one attached hydrogen (secondary N) is 1. The van der Waals surface area contributed by atoms with Crippen LogP contribution >= 0.6 is 11.8 Å². The summed E-state index contributed by atoms with van der Waals surface area (Å²) >= 11 is 1.81. The molecule has 0 atom stereocenters. The van der Waals surface area contributed by atoms with E-state index in [0.29, 0.717) is 6.54 Å². The van der Waals surface area contributed by atoms with Crippen molar-refractivity contribution in [2.24, 2.45) is 0 Å². The number of hydrogen-bond donors (Lipinski definition) is 2. The van der Waals surface area contributed by atoms with Crippen molar-refractivity contribution in [3.05, 3.63) is 5.69 Å². The lowest BCUT2D eigenvalue weighted by Crippen LogP contribution is -2.37. The Morgan fingerprint density at radius 3 is 2.95 bits per heavy atom. The second kappa shape index (κ2) is 6.60. The average molecular weight is 296 g/mol. The Morgan fingerprint density at radius 1 is 1.30 bits per heavy atom. The number of aliphatic hydroxyl groups is 1. The second-order valence-electron chi connectivity index (χ2n) is 4.85. The van der Waals surface area contributed by atoms with Gasteiger partial charge in [0.05, 0.1) is 30.4 Å². The normalized spacial score (nSPS) is 18.8. The van der Waals surface area contributed by atoms with Gasteiger partial charge < -0.3 is 20.1 Å². The van der Waals surface area contributed by atoms with Crippen molar-refractivity contribution in [2.45, 2.75) is 17.7 Å². The molecule has 0 saturated carbocycles. The first-order valence-electron chi connectivity index (χ1n) is 7.09. The number of morpholine rings is 1. The Kier molecular flexibility index (Phi) is 4.59. The van der Waals surface area contributed by atoms with Gasteiger partial charge in [-0.1, -0.05) is 0 Å². The molecule has 2 aliphatic heterocycles. The molecular formula is C13H20N4O2S. The number of anilines is 2. The molecule has 0 radical (unpaired) electrons. The fourth-order valence-electron chi connectivity index (χ4n) is 2.42. The number of ether oxygens (including phenoxy) is 1. The van der Waals surface area contributed by atoms with E-state index < -0.39 is 0 Å². The fourth-order valence-corrected chi connectivity index (χ4v) is 3.48. The second-order valence-corrected chi connectivity index (χ2v) is 5.96. The van der Waals surface area contributed by atoms with Crippen LogP contribution in [0.3, 0.4) is 0 Å². The first-order valence-corrected chi connectivity index (χ1v) is 8.08. The number of hydrogen-bond acceptors (Lipinski definition) is 7. The minimum Gasteiger partial charge on any atom is -0.395 e. The van der Waals surface area contributed by atoms with Crippen LogP contribution in [0, 0.1) is 0 Å². The van der Waals surface area contributed by atoms with E-state index >= 15 is 0 Å². The van der Waals surface area contributed by atoms with Crippen molar-refractivity contribution in [2.75, 3.05) is 55.4 Å². The van der Waals surface area contributed by atoms with Gasteiger partial charge in [0.1, 0.15) is 5.82 Å². The molecule has 1 fully saturated rings. The molecule has 110 valence electrons. The molecule has 2 aliphatic rings. The van der Waals surface area contributed by atoms with Gasteiger partial charge in [0.2, 0.25) is 5.95 Å². The van der Waals surface area contributed by atoms with E-state index in [1.54, 1.807) is 0 Å². The third-order valence-corrected chi connectivity index (χ3v) is 4.64. The molecule has 2 N–H and O–H groups in total. The van der Waals surface area contributed by atoms with Gasteiger partial charge in [-0.05, 0) is 18.6 Å². The molecule has 1 aromatic heterocycles. The topological polar surface area (TPSA) is 70.5 Å². The first kappa shape index (κ1) is 13.9. The maximum atomic E-state index is 9.01. The molecule has 1 aromatic rings. The van der Waals surface area contributed by atoms with Gasteiger partial charge in [-0.3, -0.25) is 0 Å². The van der Waals surface area contributed by atoms with Crippen molar-refractivity contribution < 1.29 is 9.84 Å². The maximum absolute atomic E-state index is 9.01. The third-order valence-electron chi connectivity index (χ3n) is 3.43. The molecule has 0 spiro atoms. The highest BCUT2D eigenvalue weighted by atomic mass is 32.2. The number of rotatable bonds is 4. The van der Waals surface area contributed by atoms with Crippen molar-refractivity contribution >= 4 is 23.5 Å². The minimum atomic E-state index is 0.107. The first-order chi connectivity index (χ1) is 9.88. The van der Waals surface area contributed by atoms with Crippen LogP contribution in [0.5, 0.6) is 0 Å². The van der Waals surface area contributed by atoms with E-state index in [-0.39, 0.29) is 6.61 Å². The molecule has 3 rings (SSSR count). The number of aryl methyl sites for hydroxylation is 1. The molecule has 0 unspecified atom stereocenters. The largest absolute Gasteiger partial charge is 0.395 e. The van der Waals surface area contributed by atoms with Crippen LogP contribution in [0.25, 0.3) is 0 Å². The van der Waals surface area contributed by atoms with Gasteiger partial charge in [-0.2, -0.15) is 4.98 Å². The molecule has 3 heterocycles. The maximum Gasteiger partial charge on any atom is 0.227 e. The van der Waals surface area contributed by atoms with Crippen LogP contribution < -0.4 is 10.2 Å². The van der Waals surface area contributed by atoms with Crippen LogP contribution in [0.4, 0.5) is 11.8 Å². The SMILES string of the molecule is OCCNc1nc(N2CCOCC2)nc2c1SCCC2. The lowest BCUT2D eigenvalue weighted by atomic mass is 10.2. The molecule has 0 amide bonds. The van der Waals surface area contributed by atoms with Crippen LogP contribution in [-0.2, 0) is 11.2 Å². The predicted molar refractivity (Wildman–Crippen MR) is 79.7 cm³/mol. The molecule has 0 bridgehead atoms. The van der Waals surface area contributed by atoms with Crippen LogP contribution in [0.15, 0.2) is 4.90 Å². The van der Waals surface area contributed by atoms with Gasteiger partial charge in [-0.15, -0.1) is 11.8 Å². The highest BCUT2D eigenvalue weighted by Gasteiger charge is 2.21. The van der Waals surface area contributed by atoms with Gasteiger partial charge >= 0.3 is 0 Å². The van der Waals surface area contributed by atoms with Crippen LogP contribution in [0.1, 0.15) is 12.1 Å². The standard InChI is InChI=1S/C13H20N4O2S/c18-6-3-14-12-11-10(2-1-9-20-11)15-13(16-12)17-4-7-19-8-5-17/h18H,1-9H2,(H,14,15,16). The number of aliphatic hydroxyl groups excluding tert-OH is 1. The van der Waals surface area contributed by atoms with E-state index in [9.17, 15) is 0 Å². The van der Waals surface area contributed by atoms with Crippen molar-refractivity contribution in [3.8, 4) is 0 Å². The van der Waals surface area contributed by atoms with Gasteiger partial charge in [0, 0.05) is 19.6 Å². The third kappa shape index (κ3) is 2.99. The predicted octanol–water partition coefficient (Wildman–Crippen LogP) is 0.756. The van der Waals surface area contributed by atoms with E-state index in [1.165, 1.54) is 0 Å². The van der Waals surface area contributed by atoms with Crippen molar-refractivity contribution in [1.29, 1.82) is 0 Å². The summed E-state index contributed by atoms with van der Waals surface area (Å²) in [5.41, 5.74) is 1.14. The van der Waals surface area contributed by atoms with Crippen LogP contribution in [-0.4, -0.2) is 60.3 Å². The Bertz CT molecular complexity index is 466. The zero-order valence-electron chi connectivity index (χ0n) is 11.5. The summed E-state index contributed by atoms with van der Waals surface area (Å²) in [4.78, 5) is 12.7. The number of aromatic nitrogens is 2. The van der Waals surface area contributed by atoms with Gasteiger partial charge in [0.25, 0.3) is 0 Å². The lowest BCUT2D eigenvalue weighted by molar-refractivity contribution is 0.122. The number of thioether (sulfide) groups is 1. The summed E-state index contributed by atoms with van der Waals surface area (Å²) in [7, 11) is 0. The Hall–Kier alpha value is -1.05. The van der Waals surface area contributed by atoms with Gasteiger partial charge in [0.15, 0.2) is 0 Å². The molecular weight excluding hydrogens is 276 g/mol. The summed E-state index contributed by atoms with van der Waals surface area (Å²) < 4.78 is 5.38. The van der Waals surface area contributed by atoms with Gasteiger partial charge in [-0.25, -0.2) is 4.98 Å². The van der Waals surface area contributed by atoms with Crippen molar-refractivity contribution in [3.63, 3.8) is 0 Å². The highest BCUT2D eigenvalue weighted by molar-refractivity contribution is 7.99. The van der Waals surface area contributed by atoms with E-state index in [2.05, 4.69) is 15.2 Å². The summed E-state index contributed by atoms with van der Waals surface area (Å²) in [6.07, 6.45) is 2.17. The van der Waals surface area contributed by atoms with Crippen LogP contribution in [0.2, 0.25) is 0 Å². The smallest absolute Gasteiger partial charge is 0.227 e. The fraction of sp³-hybridized carbons (Fsp3) is 0.692. The molecule has 1 saturated heterocycles. The van der Waals surface area contributed by atoms with E-state index in [1.807, 2.05) is 11.8 Å². The molecule has 6 nitrogen and oxygen atoms in total. The molecule has 7 heteroatoms. The molecule has 0 aromatic carbocycles. The summed E-state index contributed by atoms with van der Waals surface area (Å²) in [6.45, 7) is 3.77. The Balaban J connectivity index is 1.89. The minimum absolute atomic E-state index is 0.107.